The zero-order chi connectivity index (χ0) is 16.2. The third kappa shape index (κ3) is 3.75. The molecule has 1 aliphatic rings. The Balaban J connectivity index is 1.54. The highest BCUT2D eigenvalue weighted by Gasteiger charge is 2.19. The normalized spacial score (nSPS) is 17.2. The van der Waals surface area contributed by atoms with Crippen LogP contribution < -0.4 is 10.6 Å². The molecule has 2 amide bonds. The van der Waals surface area contributed by atoms with E-state index in [0.717, 1.165) is 19.4 Å². The summed E-state index contributed by atoms with van der Waals surface area (Å²) in [5.41, 5.74) is 0.180. The number of aromatic nitrogens is 2. The molecular formula is C14H16N4O5. The van der Waals surface area contributed by atoms with E-state index in [1.807, 2.05) is 0 Å². The largest absolute Gasteiger partial charge is 0.431 e. The molecule has 0 aromatic carbocycles. The number of nitrogens with one attached hydrogen (secondary N) is 2. The van der Waals surface area contributed by atoms with E-state index < -0.39 is 5.91 Å². The van der Waals surface area contributed by atoms with Crippen molar-refractivity contribution in [2.45, 2.75) is 25.9 Å². The first-order valence-corrected chi connectivity index (χ1v) is 7.22. The van der Waals surface area contributed by atoms with Gasteiger partial charge in [-0.1, -0.05) is 5.16 Å². The quantitative estimate of drug-likeness (QED) is 0.847. The summed E-state index contributed by atoms with van der Waals surface area (Å²) in [6.07, 6.45) is 3.15. The van der Waals surface area contributed by atoms with Crippen molar-refractivity contribution in [1.82, 2.24) is 15.5 Å². The van der Waals surface area contributed by atoms with Crippen LogP contribution in [0.25, 0.3) is 0 Å². The molecule has 1 unspecified atom stereocenters. The predicted octanol–water partition coefficient (Wildman–Crippen LogP) is 1.13. The summed E-state index contributed by atoms with van der Waals surface area (Å²) < 4.78 is 15.3. The molecule has 122 valence electrons. The lowest BCUT2D eigenvalue weighted by molar-refractivity contribution is 0.0853. The molecule has 2 aromatic heterocycles. The number of nitrogens with zero attached hydrogens (tertiary/aromatic N) is 2. The third-order valence-corrected chi connectivity index (χ3v) is 3.33. The Morgan fingerprint density at radius 2 is 2.22 bits per heavy atom. The van der Waals surface area contributed by atoms with Crippen LogP contribution in [-0.2, 0) is 4.74 Å². The first-order valence-electron chi connectivity index (χ1n) is 7.22. The molecule has 1 aliphatic heterocycles. The van der Waals surface area contributed by atoms with Crippen LogP contribution in [0.5, 0.6) is 0 Å². The highest BCUT2D eigenvalue weighted by molar-refractivity contribution is 6.02. The van der Waals surface area contributed by atoms with E-state index in [-0.39, 0.29) is 29.4 Å². The van der Waals surface area contributed by atoms with Crippen molar-refractivity contribution in [3.05, 3.63) is 29.5 Å². The number of carbonyl (C=O) groups is 2. The molecule has 3 heterocycles. The molecule has 23 heavy (non-hydrogen) atoms. The van der Waals surface area contributed by atoms with E-state index in [0.29, 0.717) is 12.3 Å². The van der Waals surface area contributed by atoms with Gasteiger partial charge in [-0.2, -0.15) is 4.98 Å². The molecule has 0 radical (unpaired) electrons. The molecule has 1 atom stereocenters. The zero-order valence-corrected chi connectivity index (χ0v) is 12.5. The van der Waals surface area contributed by atoms with Crippen molar-refractivity contribution in [3.63, 3.8) is 0 Å². The topological polar surface area (TPSA) is 119 Å². The number of hydrogen-bond donors (Lipinski definition) is 2. The Hall–Kier alpha value is -2.68. The summed E-state index contributed by atoms with van der Waals surface area (Å²) in [6.45, 7) is 2.82. The first-order chi connectivity index (χ1) is 11.1. The molecule has 2 aromatic rings. The summed E-state index contributed by atoms with van der Waals surface area (Å²) in [7, 11) is 0. The van der Waals surface area contributed by atoms with Crippen molar-refractivity contribution >= 4 is 17.8 Å². The summed E-state index contributed by atoms with van der Waals surface area (Å²) in [6, 6.07) is 1.39. The van der Waals surface area contributed by atoms with Crippen LogP contribution in [-0.4, -0.2) is 41.2 Å². The zero-order valence-electron chi connectivity index (χ0n) is 12.5. The van der Waals surface area contributed by atoms with Gasteiger partial charge < -0.3 is 19.0 Å². The van der Waals surface area contributed by atoms with Gasteiger partial charge in [-0.25, -0.2) is 0 Å². The van der Waals surface area contributed by atoms with Crippen LogP contribution in [0.3, 0.4) is 0 Å². The van der Waals surface area contributed by atoms with Crippen LogP contribution >= 0.6 is 0 Å². The van der Waals surface area contributed by atoms with E-state index in [1.165, 1.54) is 12.3 Å². The predicted molar refractivity (Wildman–Crippen MR) is 77.0 cm³/mol. The first kappa shape index (κ1) is 15.2. The van der Waals surface area contributed by atoms with Crippen LogP contribution in [0.2, 0.25) is 0 Å². The van der Waals surface area contributed by atoms with Crippen molar-refractivity contribution in [3.8, 4) is 0 Å². The van der Waals surface area contributed by atoms with Gasteiger partial charge in [0.1, 0.15) is 12.0 Å². The SMILES string of the molecule is Cc1cc(C(=O)Nc2nc(C(=O)NCC3CCCO3)co2)no1. The summed E-state index contributed by atoms with van der Waals surface area (Å²) >= 11 is 0. The summed E-state index contributed by atoms with van der Waals surface area (Å²) in [5.74, 6) is -0.409. The van der Waals surface area contributed by atoms with E-state index in [2.05, 4.69) is 20.8 Å². The second kappa shape index (κ2) is 6.61. The average Bonchev–Trinajstić information content (AvgIpc) is 3.26. The van der Waals surface area contributed by atoms with Crippen molar-refractivity contribution in [1.29, 1.82) is 0 Å². The highest BCUT2D eigenvalue weighted by Crippen LogP contribution is 2.12. The van der Waals surface area contributed by atoms with Crippen molar-refractivity contribution < 1.29 is 23.3 Å². The second-order valence-electron chi connectivity index (χ2n) is 5.16. The number of rotatable bonds is 5. The Kier molecular flexibility index (Phi) is 4.38. The maximum absolute atomic E-state index is 11.9. The average molecular weight is 320 g/mol. The molecule has 0 aliphatic carbocycles. The van der Waals surface area contributed by atoms with E-state index in [9.17, 15) is 9.59 Å². The Bertz CT molecular complexity index is 702. The lowest BCUT2D eigenvalue weighted by Gasteiger charge is -2.09. The highest BCUT2D eigenvalue weighted by atomic mass is 16.5. The standard InChI is InChI=1S/C14H16N4O5/c1-8-5-10(18-23-8)13(20)17-14-16-11(7-22-14)12(19)15-6-9-3-2-4-21-9/h5,7,9H,2-4,6H2,1H3,(H,15,19)(H,16,17,20). The van der Waals surface area contributed by atoms with E-state index in [4.69, 9.17) is 13.7 Å². The maximum atomic E-state index is 11.9. The fourth-order valence-electron chi connectivity index (χ4n) is 2.17. The number of amides is 2. The van der Waals surface area contributed by atoms with Crippen LogP contribution in [0.15, 0.2) is 21.3 Å². The fourth-order valence-corrected chi connectivity index (χ4v) is 2.17. The molecular weight excluding hydrogens is 304 g/mol. The molecule has 0 saturated carbocycles. The maximum Gasteiger partial charge on any atom is 0.302 e. The van der Waals surface area contributed by atoms with Gasteiger partial charge in [0.05, 0.1) is 6.10 Å². The summed E-state index contributed by atoms with van der Waals surface area (Å²) in [5, 5.41) is 8.69. The Morgan fingerprint density at radius 3 is 2.91 bits per heavy atom. The number of ether oxygens (including phenoxy) is 1. The number of hydrogen-bond acceptors (Lipinski definition) is 7. The Labute approximate surface area is 131 Å². The van der Waals surface area contributed by atoms with Crippen LogP contribution in [0, 0.1) is 6.92 Å². The van der Waals surface area contributed by atoms with Crippen LogP contribution in [0.1, 0.15) is 39.6 Å². The molecule has 1 saturated heterocycles. The van der Waals surface area contributed by atoms with E-state index in [1.54, 1.807) is 6.92 Å². The molecule has 0 bridgehead atoms. The molecule has 9 nitrogen and oxygen atoms in total. The van der Waals surface area contributed by atoms with Crippen molar-refractivity contribution in [2.24, 2.45) is 0 Å². The molecule has 1 fully saturated rings. The number of oxazole rings is 1. The lowest BCUT2D eigenvalue weighted by atomic mass is 10.2. The van der Waals surface area contributed by atoms with Gasteiger partial charge in [0.2, 0.25) is 0 Å². The Morgan fingerprint density at radius 1 is 1.35 bits per heavy atom. The molecule has 2 N–H and O–H groups in total. The van der Waals surface area contributed by atoms with Gasteiger partial charge in [0, 0.05) is 19.2 Å². The fraction of sp³-hybridized carbons (Fsp3) is 0.429. The second-order valence-corrected chi connectivity index (χ2v) is 5.16. The molecule has 3 rings (SSSR count). The van der Waals surface area contributed by atoms with Gasteiger partial charge in [-0.05, 0) is 19.8 Å². The minimum absolute atomic E-state index is 0.0421. The van der Waals surface area contributed by atoms with Gasteiger partial charge in [-0.15, -0.1) is 0 Å². The van der Waals surface area contributed by atoms with Gasteiger partial charge in [-0.3, -0.25) is 14.9 Å². The minimum atomic E-state index is -0.532. The summed E-state index contributed by atoms with van der Waals surface area (Å²) in [4.78, 5) is 27.7. The minimum Gasteiger partial charge on any atom is -0.431 e. The third-order valence-electron chi connectivity index (χ3n) is 3.33. The van der Waals surface area contributed by atoms with Gasteiger partial charge in [0.25, 0.3) is 11.8 Å². The van der Waals surface area contributed by atoms with Crippen LogP contribution in [0.4, 0.5) is 6.01 Å². The lowest BCUT2D eigenvalue weighted by Crippen LogP contribution is -2.31. The van der Waals surface area contributed by atoms with Gasteiger partial charge in [0.15, 0.2) is 11.4 Å². The monoisotopic (exact) mass is 320 g/mol. The number of anilines is 1. The van der Waals surface area contributed by atoms with E-state index >= 15 is 0 Å². The van der Waals surface area contributed by atoms with Crippen molar-refractivity contribution in [2.75, 3.05) is 18.5 Å². The smallest absolute Gasteiger partial charge is 0.302 e. The molecule has 9 heteroatoms. The van der Waals surface area contributed by atoms with Gasteiger partial charge >= 0.3 is 6.01 Å². The molecule has 0 spiro atoms. The number of carbonyl (C=O) groups excluding carboxylic acids is 2. The number of aryl methyl sites for hydroxylation is 1.